The summed E-state index contributed by atoms with van der Waals surface area (Å²) in [6.45, 7) is 16.4. The van der Waals surface area contributed by atoms with Crippen molar-refractivity contribution in [2.45, 2.75) is 54.4 Å². The minimum absolute atomic E-state index is 0.0297. The third-order valence-electron chi connectivity index (χ3n) is 4.35. The van der Waals surface area contributed by atoms with Crippen LogP contribution in [0.4, 0.5) is 5.69 Å². The van der Waals surface area contributed by atoms with Gasteiger partial charge in [0.25, 0.3) is 5.91 Å². The zero-order valence-corrected chi connectivity index (χ0v) is 19.2. The zero-order chi connectivity index (χ0) is 22.7. The molecule has 0 atom stereocenters. The SMILES string of the molecule is C=C(Nc1ccc(C)cc1CC(C)C)C(/N=C(\C)C(=O)NCCCO)=C(C)\N=C/C. The molecule has 1 amide bonds. The van der Waals surface area contributed by atoms with E-state index in [1.165, 1.54) is 11.1 Å². The van der Waals surface area contributed by atoms with Crippen LogP contribution in [0.1, 0.15) is 52.2 Å². The molecule has 1 aromatic rings. The van der Waals surface area contributed by atoms with Gasteiger partial charge < -0.3 is 15.7 Å². The van der Waals surface area contributed by atoms with Crippen molar-refractivity contribution < 1.29 is 9.90 Å². The summed E-state index contributed by atoms with van der Waals surface area (Å²) in [7, 11) is 0. The second kappa shape index (κ2) is 12.8. The number of aliphatic hydroxyl groups is 1. The highest BCUT2D eigenvalue weighted by molar-refractivity contribution is 6.38. The summed E-state index contributed by atoms with van der Waals surface area (Å²) in [5, 5.41) is 15.0. The molecule has 1 aromatic carbocycles. The Balaban J connectivity index is 3.20. The Kier molecular flexibility index (Phi) is 10.8. The maximum atomic E-state index is 12.3. The van der Waals surface area contributed by atoms with Crippen LogP contribution in [-0.4, -0.2) is 36.1 Å². The van der Waals surface area contributed by atoms with Crippen molar-refractivity contribution in [2.24, 2.45) is 15.9 Å². The Morgan fingerprint density at radius 1 is 1.30 bits per heavy atom. The first-order valence-corrected chi connectivity index (χ1v) is 10.4. The van der Waals surface area contributed by atoms with E-state index in [4.69, 9.17) is 5.11 Å². The van der Waals surface area contributed by atoms with Gasteiger partial charge in [-0.05, 0) is 58.1 Å². The fraction of sp³-hybridized carbons (Fsp3) is 0.458. The van der Waals surface area contributed by atoms with Gasteiger partial charge >= 0.3 is 0 Å². The van der Waals surface area contributed by atoms with Gasteiger partial charge in [0, 0.05) is 25.1 Å². The van der Waals surface area contributed by atoms with E-state index >= 15 is 0 Å². The maximum absolute atomic E-state index is 12.3. The number of amides is 1. The third kappa shape index (κ3) is 8.33. The van der Waals surface area contributed by atoms with Crippen LogP contribution in [0.2, 0.25) is 0 Å². The van der Waals surface area contributed by atoms with Crippen LogP contribution in [0.25, 0.3) is 0 Å². The highest BCUT2D eigenvalue weighted by atomic mass is 16.3. The number of aliphatic imine (C=N–C) groups is 2. The predicted molar refractivity (Wildman–Crippen MR) is 127 cm³/mol. The van der Waals surface area contributed by atoms with Crippen molar-refractivity contribution in [1.82, 2.24) is 5.32 Å². The largest absolute Gasteiger partial charge is 0.396 e. The molecule has 0 spiro atoms. The van der Waals surface area contributed by atoms with E-state index in [0.717, 1.165) is 12.1 Å². The molecule has 6 heteroatoms. The van der Waals surface area contributed by atoms with Gasteiger partial charge in [-0.25, -0.2) is 4.99 Å². The fourth-order valence-corrected chi connectivity index (χ4v) is 2.92. The van der Waals surface area contributed by atoms with Crippen molar-refractivity contribution >= 4 is 23.5 Å². The van der Waals surface area contributed by atoms with Crippen molar-refractivity contribution in [3.63, 3.8) is 0 Å². The van der Waals surface area contributed by atoms with E-state index in [2.05, 4.69) is 60.1 Å². The van der Waals surface area contributed by atoms with Crippen molar-refractivity contribution in [3.8, 4) is 0 Å². The minimum Gasteiger partial charge on any atom is -0.396 e. The number of aliphatic hydroxyl groups excluding tert-OH is 1. The second-order valence-corrected chi connectivity index (χ2v) is 7.71. The van der Waals surface area contributed by atoms with Gasteiger partial charge in [0.2, 0.25) is 0 Å². The number of benzene rings is 1. The standard InChI is InChI=1S/C24H36N4O2/c1-8-25-18(5)23(28-20(7)24(30)26-12-9-13-29)19(6)27-22-11-10-17(4)15-21(22)14-16(2)3/h8,10-11,15-16,27,29H,6,9,12-14H2,1-5,7H3,(H,26,30)/b23-18+,25-8-,28-20+. The van der Waals surface area contributed by atoms with Gasteiger partial charge in [-0.1, -0.05) is 38.1 Å². The minimum atomic E-state index is -0.280. The molecule has 0 aliphatic rings. The van der Waals surface area contributed by atoms with E-state index in [1.54, 1.807) is 13.1 Å². The van der Waals surface area contributed by atoms with Crippen LogP contribution in [-0.2, 0) is 11.2 Å². The lowest BCUT2D eigenvalue weighted by atomic mass is 9.99. The molecule has 0 aliphatic heterocycles. The lowest BCUT2D eigenvalue weighted by Gasteiger charge is -2.17. The number of nitrogens with zero attached hydrogens (tertiary/aromatic N) is 2. The quantitative estimate of drug-likeness (QED) is 0.286. The molecule has 0 saturated heterocycles. The molecule has 0 heterocycles. The predicted octanol–water partition coefficient (Wildman–Crippen LogP) is 4.40. The highest BCUT2D eigenvalue weighted by Crippen LogP contribution is 2.25. The van der Waals surface area contributed by atoms with Gasteiger partial charge in [-0.15, -0.1) is 0 Å². The molecule has 0 radical (unpaired) electrons. The highest BCUT2D eigenvalue weighted by Gasteiger charge is 2.13. The summed E-state index contributed by atoms with van der Waals surface area (Å²) in [5.41, 5.74) is 5.47. The Hall–Kier alpha value is -2.73. The normalized spacial score (nSPS) is 12.9. The van der Waals surface area contributed by atoms with E-state index in [9.17, 15) is 4.79 Å². The summed E-state index contributed by atoms with van der Waals surface area (Å²) in [5.74, 6) is 0.239. The van der Waals surface area contributed by atoms with E-state index < -0.39 is 0 Å². The Bertz CT molecular complexity index is 836. The smallest absolute Gasteiger partial charge is 0.265 e. The summed E-state index contributed by atoms with van der Waals surface area (Å²) >= 11 is 0. The number of hydrogen-bond donors (Lipinski definition) is 3. The van der Waals surface area contributed by atoms with Crippen LogP contribution >= 0.6 is 0 Å². The molecule has 164 valence electrons. The monoisotopic (exact) mass is 412 g/mol. The molecular formula is C24H36N4O2. The first kappa shape index (κ1) is 25.3. The molecule has 0 aliphatic carbocycles. The molecule has 0 unspecified atom stereocenters. The second-order valence-electron chi connectivity index (χ2n) is 7.71. The first-order chi connectivity index (χ1) is 14.2. The Morgan fingerprint density at radius 2 is 2.00 bits per heavy atom. The first-order valence-electron chi connectivity index (χ1n) is 10.4. The molecule has 30 heavy (non-hydrogen) atoms. The third-order valence-corrected chi connectivity index (χ3v) is 4.35. The zero-order valence-electron chi connectivity index (χ0n) is 19.2. The number of anilines is 1. The van der Waals surface area contributed by atoms with Gasteiger partial charge in [-0.2, -0.15) is 0 Å². The number of hydrogen-bond acceptors (Lipinski definition) is 5. The van der Waals surface area contributed by atoms with Crippen LogP contribution in [0.3, 0.4) is 0 Å². The number of rotatable bonds is 11. The Labute approximate surface area is 180 Å². The number of aryl methyl sites for hydroxylation is 1. The average Bonchev–Trinajstić information content (AvgIpc) is 2.67. The Morgan fingerprint density at radius 3 is 2.60 bits per heavy atom. The van der Waals surface area contributed by atoms with Crippen LogP contribution in [0, 0.1) is 12.8 Å². The molecule has 0 fully saturated rings. The average molecular weight is 413 g/mol. The van der Waals surface area contributed by atoms with Gasteiger partial charge in [0.15, 0.2) is 0 Å². The van der Waals surface area contributed by atoms with Gasteiger partial charge in [0.05, 0.1) is 11.4 Å². The van der Waals surface area contributed by atoms with Crippen LogP contribution in [0.5, 0.6) is 0 Å². The van der Waals surface area contributed by atoms with Crippen LogP contribution in [0.15, 0.2) is 51.9 Å². The number of carbonyl (C=O) groups is 1. The summed E-state index contributed by atoms with van der Waals surface area (Å²) in [6.07, 6.45) is 3.13. The van der Waals surface area contributed by atoms with Crippen molar-refractivity contribution in [3.05, 3.63) is 53.0 Å². The molecular weight excluding hydrogens is 376 g/mol. The fourth-order valence-electron chi connectivity index (χ4n) is 2.92. The van der Waals surface area contributed by atoms with Gasteiger partial charge in [-0.3, -0.25) is 9.79 Å². The van der Waals surface area contributed by atoms with E-state index in [1.807, 2.05) is 19.9 Å². The maximum Gasteiger partial charge on any atom is 0.265 e. The summed E-state index contributed by atoms with van der Waals surface area (Å²) < 4.78 is 0. The molecule has 0 saturated carbocycles. The molecule has 1 rings (SSSR count). The van der Waals surface area contributed by atoms with Crippen LogP contribution < -0.4 is 10.6 Å². The molecule has 6 nitrogen and oxygen atoms in total. The molecule has 3 N–H and O–H groups in total. The van der Waals surface area contributed by atoms with E-state index in [0.29, 0.717) is 41.7 Å². The van der Waals surface area contributed by atoms with E-state index in [-0.39, 0.29) is 12.5 Å². The lowest BCUT2D eigenvalue weighted by Crippen LogP contribution is -2.30. The summed E-state index contributed by atoms with van der Waals surface area (Å²) in [6, 6.07) is 6.29. The summed E-state index contributed by atoms with van der Waals surface area (Å²) in [4.78, 5) is 21.2. The number of allylic oxidation sites excluding steroid dienone is 1. The number of nitrogens with one attached hydrogen (secondary N) is 2. The van der Waals surface area contributed by atoms with Gasteiger partial charge in [0.1, 0.15) is 11.4 Å². The molecule has 0 bridgehead atoms. The topological polar surface area (TPSA) is 86.1 Å². The van der Waals surface area contributed by atoms with Crippen molar-refractivity contribution in [1.29, 1.82) is 0 Å². The van der Waals surface area contributed by atoms with Crippen molar-refractivity contribution in [2.75, 3.05) is 18.5 Å². The lowest BCUT2D eigenvalue weighted by molar-refractivity contribution is -0.114. The number of carbonyl (C=O) groups excluding carboxylic acids is 1. The molecule has 0 aromatic heterocycles.